The molecule has 0 aliphatic carbocycles. The maximum atomic E-state index is 12.6. The summed E-state index contributed by atoms with van der Waals surface area (Å²) in [6, 6.07) is 11.7. The number of rotatable bonds is 9. The van der Waals surface area contributed by atoms with Crippen molar-refractivity contribution in [2.45, 2.75) is 25.9 Å². The minimum absolute atomic E-state index is 0.0775. The molecule has 1 amide bonds. The van der Waals surface area contributed by atoms with Gasteiger partial charge in [-0.15, -0.1) is 0 Å². The molecule has 1 saturated heterocycles. The summed E-state index contributed by atoms with van der Waals surface area (Å²) in [7, 11) is 3.25. The summed E-state index contributed by atoms with van der Waals surface area (Å²) in [5.41, 5.74) is 2.19. The van der Waals surface area contributed by atoms with Crippen LogP contribution in [0.2, 0.25) is 0 Å². The number of benzene rings is 1. The molecule has 0 spiro atoms. The molecule has 2 heterocycles. The number of amides is 1. The molecule has 1 N–H and O–H groups in total. The highest BCUT2D eigenvalue weighted by Gasteiger charge is 2.25. The van der Waals surface area contributed by atoms with E-state index in [0.29, 0.717) is 18.0 Å². The molecular formula is C23H32N4O3. The quantitative estimate of drug-likeness (QED) is 0.679. The van der Waals surface area contributed by atoms with Crippen molar-refractivity contribution in [3.05, 3.63) is 53.9 Å². The van der Waals surface area contributed by atoms with Crippen LogP contribution in [0.1, 0.15) is 18.2 Å². The zero-order chi connectivity index (χ0) is 21.3. The van der Waals surface area contributed by atoms with Gasteiger partial charge < -0.3 is 14.8 Å². The molecule has 1 fully saturated rings. The monoisotopic (exact) mass is 412 g/mol. The van der Waals surface area contributed by atoms with Crippen molar-refractivity contribution in [3.8, 4) is 11.5 Å². The van der Waals surface area contributed by atoms with Gasteiger partial charge in [0.05, 0.1) is 26.0 Å². The van der Waals surface area contributed by atoms with Crippen LogP contribution in [0.25, 0.3) is 0 Å². The first kappa shape index (κ1) is 22.1. The van der Waals surface area contributed by atoms with Gasteiger partial charge >= 0.3 is 0 Å². The Bertz CT molecular complexity index is 807. The number of hydrogen-bond donors (Lipinski definition) is 1. The molecule has 1 aliphatic rings. The zero-order valence-corrected chi connectivity index (χ0v) is 18.1. The van der Waals surface area contributed by atoms with Gasteiger partial charge in [-0.2, -0.15) is 0 Å². The van der Waals surface area contributed by atoms with Crippen molar-refractivity contribution in [2.24, 2.45) is 0 Å². The average Bonchev–Trinajstić information content (AvgIpc) is 2.79. The van der Waals surface area contributed by atoms with Crippen molar-refractivity contribution >= 4 is 5.91 Å². The summed E-state index contributed by atoms with van der Waals surface area (Å²) in [5.74, 6) is 1.49. The zero-order valence-electron chi connectivity index (χ0n) is 18.1. The molecule has 1 aromatic carbocycles. The second kappa shape index (κ2) is 10.9. The molecule has 0 bridgehead atoms. The summed E-state index contributed by atoms with van der Waals surface area (Å²) < 4.78 is 10.6. The van der Waals surface area contributed by atoms with E-state index in [4.69, 9.17) is 9.47 Å². The molecule has 1 aromatic heterocycles. The standard InChI is InChI=1S/C23H32N4O3/c1-18(27-14-12-26(13-15-27)17-20-6-4-5-10-24-20)23(28)25-11-9-19-7-8-21(29-2)22(16-19)30-3/h4-8,10,16,18H,9,11-15,17H2,1-3H3,(H,25,28). The Labute approximate surface area is 179 Å². The molecule has 1 atom stereocenters. The lowest BCUT2D eigenvalue weighted by molar-refractivity contribution is -0.126. The fraction of sp³-hybridized carbons (Fsp3) is 0.478. The lowest BCUT2D eigenvalue weighted by atomic mass is 10.1. The van der Waals surface area contributed by atoms with E-state index in [-0.39, 0.29) is 11.9 Å². The van der Waals surface area contributed by atoms with E-state index in [2.05, 4.69) is 26.2 Å². The molecule has 3 rings (SSSR count). The second-order valence-electron chi connectivity index (χ2n) is 7.54. The highest BCUT2D eigenvalue weighted by atomic mass is 16.5. The number of nitrogens with zero attached hydrogens (tertiary/aromatic N) is 3. The minimum Gasteiger partial charge on any atom is -0.493 e. The van der Waals surface area contributed by atoms with E-state index in [1.165, 1.54) is 0 Å². The summed E-state index contributed by atoms with van der Waals surface area (Å²) in [5, 5.41) is 3.07. The Morgan fingerprint density at radius 1 is 1.10 bits per heavy atom. The van der Waals surface area contributed by atoms with Gasteiger partial charge in [-0.25, -0.2) is 0 Å². The molecule has 0 radical (unpaired) electrons. The number of pyridine rings is 1. The number of methoxy groups -OCH3 is 2. The third-order valence-electron chi connectivity index (χ3n) is 5.61. The van der Waals surface area contributed by atoms with Crippen LogP contribution in [0.4, 0.5) is 0 Å². The second-order valence-corrected chi connectivity index (χ2v) is 7.54. The first-order valence-electron chi connectivity index (χ1n) is 10.5. The summed E-state index contributed by atoms with van der Waals surface area (Å²) in [4.78, 5) is 21.6. The van der Waals surface area contributed by atoms with Gasteiger partial charge in [0.2, 0.25) is 5.91 Å². The molecule has 1 unspecified atom stereocenters. The number of aromatic nitrogens is 1. The lowest BCUT2D eigenvalue weighted by Gasteiger charge is -2.37. The van der Waals surface area contributed by atoms with Crippen LogP contribution < -0.4 is 14.8 Å². The van der Waals surface area contributed by atoms with Crippen molar-refractivity contribution < 1.29 is 14.3 Å². The number of carbonyl (C=O) groups excluding carboxylic acids is 1. The normalized spacial score (nSPS) is 16.1. The van der Waals surface area contributed by atoms with Gasteiger partial charge in [-0.1, -0.05) is 12.1 Å². The predicted octanol–water partition coefficient (Wildman–Crippen LogP) is 1.96. The van der Waals surface area contributed by atoms with E-state index in [1.54, 1.807) is 14.2 Å². The van der Waals surface area contributed by atoms with Gasteiger partial charge in [0.25, 0.3) is 0 Å². The van der Waals surface area contributed by atoms with Gasteiger partial charge in [0.1, 0.15) is 0 Å². The maximum Gasteiger partial charge on any atom is 0.237 e. The average molecular weight is 413 g/mol. The first-order chi connectivity index (χ1) is 14.6. The number of nitrogens with one attached hydrogen (secondary N) is 1. The fourth-order valence-electron chi connectivity index (χ4n) is 3.71. The van der Waals surface area contributed by atoms with Crippen molar-refractivity contribution in [1.29, 1.82) is 0 Å². The highest BCUT2D eigenvalue weighted by Crippen LogP contribution is 2.27. The smallest absolute Gasteiger partial charge is 0.237 e. The Morgan fingerprint density at radius 3 is 2.53 bits per heavy atom. The van der Waals surface area contributed by atoms with E-state index in [1.807, 2.05) is 43.5 Å². The van der Waals surface area contributed by atoms with Crippen LogP contribution in [0, 0.1) is 0 Å². The highest BCUT2D eigenvalue weighted by molar-refractivity contribution is 5.81. The maximum absolute atomic E-state index is 12.6. The van der Waals surface area contributed by atoms with Crippen LogP contribution in [0.3, 0.4) is 0 Å². The Morgan fingerprint density at radius 2 is 1.87 bits per heavy atom. The SMILES string of the molecule is COc1ccc(CCNC(=O)C(C)N2CCN(Cc3ccccn3)CC2)cc1OC. The molecule has 7 nitrogen and oxygen atoms in total. The summed E-state index contributed by atoms with van der Waals surface area (Å²) in [6.07, 6.45) is 2.58. The predicted molar refractivity (Wildman–Crippen MR) is 117 cm³/mol. The topological polar surface area (TPSA) is 66.9 Å². The van der Waals surface area contributed by atoms with E-state index >= 15 is 0 Å². The van der Waals surface area contributed by atoms with Crippen molar-refractivity contribution in [1.82, 2.24) is 20.1 Å². The molecule has 7 heteroatoms. The third kappa shape index (κ3) is 5.93. The Hall–Kier alpha value is -2.64. The van der Waals surface area contributed by atoms with Gasteiger partial charge in [-0.3, -0.25) is 19.6 Å². The summed E-state index contributed by atoms with van der Waals surface area (Å²) in [6.45, 7) is 7.10. The van der Waals surface area contributed by atoms with Crippen LogP contribution in [0.15, 0.2) is 42.6 Å². The Kier molecular flexibility index (Phi) is 8.04. The van der Waals surface area contributed by atoms with Crippen molar-refractivity contribution in [3.63, 3.8) is 0 Å². The van der Waals surface area contributed by atoms with Crippen LogP contribution in [-0.4, -0.2) is 73.7 Å². The van der Waals surface area contributed by atoms with Gasteiger partial charge in [0.15, 0.2) is 11.5 Å². The van der Waals surface area contributed by atoms with Crippen LogP contribution in [-0.2, 0) is 17.8 Å². The molecule has 2 aromatic rings. The number of ether oxygens (including phenoxy) is 2. The van der Waals surface area contributed by atoms with E-state index in [9.17, 15) is 4.79 Å². The molecular weight excluding hydrogens is 380 g/mol. The largest absolute Gasteiger partial charge is 0.493 e. The number of hydrogen-bond acceptors (Lipinski definition) is 6. The number of carbonyl (C=O) groups is 1. The van der Waals surface area contributed by atoms with Gasteiger partial charge in [0, 0.05) is 45.5 Å². The number of piperazine rings is 1. The molecule has 30 heavy (non-hydrogen) atoms. The van der Waals surface area contributed by atoms with Gasteiger partial charge in [-0.05, 0) is 43.2 Å². The molecule has 0 saturated carbocycles. The molecule has 1 aliphatic heterocycles. The fourth-order valence-corrected chi connectivity index (χ4v) is 3.71. The minimum atomic E-state index is -0.132. The molecule has 162 valence electrons. The van der Waals surface area contributed by atoms with Crippen LogP contribution in [0.5, 0.6) is 11.5 Å². The van der Waals surface area contributed by atoms with Crippen LogP contribution >= 0.6 is 0 Å². The van der Waals surface area contributed by atoms with Crippen molar-refractivity contribution in [2.75, 3.05) is 46.9 Å². The van der Waals surface area contributed by atoms with E-state index < -0.39 is 0 Å². The lowest BCUT2D eigenvalue weighted by Crippen LogP contribution is -2.53. The summed E-state index contributed by atoms with van der Waals surface area (Å²) >= 11 is 0. The third-order valence-corrected chi connectivity index (χ3v) is 5.61. The Balaban J connectivity index is 1.41. The van der Waals surface area contributed by atoms with E-state index in [0.717, 1.165) is 50.4 Å². The first-order valence-corrected chi connectivity index (χ1v) is 10.5.